The van der Waals surface area contributed by atoms with E-state index in [4.69, 9.17) is 19.2 Å². The number of methoxy groups -OCH3 is 2. The van der Waals surface area contributed by atoms with Crippen LogP contribution in [-0.2, 0) is 4.79 Å². The van der Waals surface area contributed by atoms with E-state index in [0.717, 1.165) is 27.7 Å². The van der Waals surface area contributed by atoms with Crippen molar-refractivity contribution in [1.29, 1.82) is 0 Å². The molecule has 0 bridgehead atoms. The lowest BCUT2D eigenvalue weighted by molar-refractivity contribution is -0.118. The summed E-state index contributed by atoms with van der Waals surface area (Å²) in [6.45, 7) is 1.73. The summed E-state index contributed by atoms with van der Waals surface area (Å²) in [7, 11) is 3.19. The summed E-state index contributed by atoms with van der Waals surface area (Å²) < 4.78 is 18.1. The van der Waals surface area contributed by atoms with Gasteiger partial charge in [-0.3, -0.25) is 4.79 Å². The van der Waals surface area contributed by atoms with Crippen molar-refractivity contribution in [2.24, 2.45) is 0 Å². The molecule has 0 saturated heterocycles. The van der Waals surface area contributed by atoms with Crippen molar-refractivity contribution in [2.45, 2.75) is 6.92 Å². The quantitative estimate of drug-likeness (QED) is 0.303. The van der Waals surface area contributed by atoms with E-state index in [1.807, 2.05) is 73.0 Å². The molecule has 9 heteroatoms. The molecule has 0 unspecified atom stereocenters. The first kappa shape index (κ1) is 23.4. The Balaban J connectivity index is 1.30. The normalized spacial score (nSPS) is 10.9. The minimum atomic E-state index is -0.291. The average Bonchev–Trinajstić information content (AvgIpc) is 3.53. The van der Waals surface area contributed by atoms with Crippen molar-refractivity contribution in [3.63, 3.8) is 0 Å². The third kappa shape index (κ3) is 4.87. The molecule has 0 saturated carbocycles. The highest BCUT2D eigenvalue weighted by Crippen LogP contribution is 2.33. The molecule has 0 spiro atoms. The molecule has 0 aliphatic rings. The number of carbonyl (C=O) groups is 1. The molecular formula is C27H24N4O4S. The number of thiazole rings is 1. The average molecular weight is 501 g/mol. The highest BCUT2D eigenvalue weighted by molar-refractivity contribution is 7.12. The second kappa shape index (κ2) is 10.1. The monoisotopic (exact) mass is 500 g/mol. The summed E-state index contributed by atoms with van der Waals surface area (Å²) in [4.78, 5) is 17.4. The number of carbonyl (C=O) groups excluding carboxylic acids is 1. The minimum Gasteiger partial charge on any atom is -0.493 e. The Bertz CT molecular complexity index is 1540. The lowest BCUT2D eigenvalue weighted by atomic mass is 10.1. The molecule has 2 aromatic heterocycles. The standard InChI is InChI=1S/C27H24N4O4S/c1-17-12-25(29-26(32)15-35-21-10-8-18-6-4-5-7-19(18)13-21)31(30-17)27-28-22(16-36-27)20-9-11-23(33-2)24(14-20)34-3/h4-14,16H,15H2,1-3H3,(H,29,32). The zero-order chi connectivity index (χ0) is 25.1. The third-order valence-corrected chi connectivity index (χ3v) is 6.36. The van der Waals surface area contributed by atoms with Gasteiger partial charge in [-0.05, 0) is 48.0 Å². The lowest BCUT2D eigenvalue weighted by Gasteiger charge is -2.09. The fraction of sp³-hybridized carbons (Fsp3) is 0.148. The Labute approximate surface area is 212 Å². The van der Waals surface area contributed by atoms with Gasteiger partial charge in [0.15, 0.2) is 18.1 Å². The van der Waals surface area contributed by atoms with E-state index >= 15 is 0 Å². The Morgan fingerprint density at radius 2 is 1.78 bits per heavy atom. The van der Waals surface area contributed by atoms with Crippen LogP contribution in [0.15, 0.2) is 72.1 Å². The number of rotatable bonds is 8. The molecule has 5 aromatic rings. The van der Waals surface area contributed by atoms with Gasteiger partial charge in [-0.15, -0.1) is 11.3 Å². The van der Waals surface area contributed by atoms with Gasteiger partial charge in [0.05, 0.1) is 25.6 Å². The summed E-state index contributed by atoms with van der Waals surface area (Å²) in [5.74, 6) is 2.14. The molecule has 5 rings (SSSR count). The highest BCUT2D eigenvalue weighted by Gasteiger charge is 2.16. The first-order valence-corrected chi connectivity index (χ1v) is 12.1. The van der Waals surface area contributed by atoms with Gasteiger partial charge in [0, 0.05) is 17.0 Å². The molecule has 0 aliphatic heterocycles. The number of nitrogens with one attached hydrogen (secondary N) is 1. The number of aromatic nitrogens is 3. The van der Waals surface area contributed by atoms with Crippen LogP contribution in [0.25, 0.3) is 27.2 Å². The van der Waals surface area contributed by atoms with Crippen LogP contribution in [0, 0.1) is 6.92 Å². The molecule has 1 amide bonds. The summed E-state index contributed by atoms with van der Waals surface area (Å²) in [6, 6.07) is 21.2. The van der Waals surface area contributed by atoms with E-state index in [1.165, 1.54) is 11.3 Å². The maximum Gasteiger partial charge on any atom is 0.263 e. The number of benzene rings is 3. The molecule has 0 aliphatic carbocycles. The number of amides is 1. The first-order chi connectivity index (χ1) is 17.5. The number of nitrogens with zero attached hydrogens (tertiary/aromatic N) is 3. The molecular weight excluding hydrogens is 476 g/mol. The summed E-state index contributed by atoms with van der Waals surface area (Å²) in [5, 5.41) is 12.1. The van der Waals surface area contributed by atoms with E-state index in [1.54, 1.807) is 25.0 Å². The molecule has 3 aromatic carbocycles. The maximum atomic E-state index is 12.7. The predicted molar refractivity (Wildman–Crippen MR) is 141 cm³/mol. The molecule has 0 fully saturated rings. The van der Waals surface area contributed by atoms with Crippen molar-refractivity contribution in [1.82, 2.24) is 14.8 Å². The van der Waals surface area contributed by atoms with Crippen molar-refractivity contribution in [3.8, 4) is 33.6 Å². The van der Waals surface area contributed by atoms with Gasteiger partial charge in [0.25, 0.3) is 5.91 Å². The van der Waals surface area contributed by atoms with Gasteiger partial charge in [-0.1, -0.05) is 30.3 Å². The largest absolute Gasteiger partial charge is 0.493 e. The lowest BCUT2D eigenvalue weighted by Crippen LogP contribution is -2.21. The van der Waals surface area contributed by atoms with Crippen molar-refractivity contribution >= 4 is 33.8 Å². The second-order valence-electron chi connectivity index (χ2n) is 8.01. The fourth-order valence-electron chi connectivity index (χ4n) is 3.81. The van der Waals surface area contributed by atoms with Crippen LogP contribution in [-0.4, -0.2) is 41.5 Å². The second-order valence-corrected chi connectivity index (χ2v) is 8.85. The van der Waals surface area contributed by atoms with Crippen molar-refractivity contribution in [2.75, 3.05) is 26.1 Å². The van der Waals surface area contributed by atoms with Crippen LogP contribution in [0.4, 0.5) is 5.82 Å². The number of ether oxygens (including phenoxy) is 3. The Morgan fingerprint density at radius 3 is 2.58 bits per heavy atom. The Morgan fingerprint density at radius 1 is 0.972 bits per heavy atom. The van der Waals surface area contributed by atoms with Crippen LogP contribution in [0.1, 0.15) is 5.69 Å². The predicted octanol–water partition coefficient (Wildman–Crippen LogP) is 5.49. The molecule has 8 nitrogen and oxygen atoms in total. The molecule has 36 heavy (non-hydrogen) atoms. The number of hydrogen-bond donors (Lipinski definition) is 1. The maximum absolute atomic E-state index is 12.7. The van der Waals surface area contributed by atoms with Gasteiger partial charge >= 0.3 is 0 Å². The number of anilines is 1. The van der Waals surface area contributed by atoms with Gasteiger partial charge < -0.3 is 19.5 Å². The first-order valence-electron chi connectivity index (χ1n) is 11.2. The van der Waals surface area contributed by atoms with E-state index in [-0.39, 0.29) is 12.5 Å². The van der Waals surface area contributed by atoms with Crippen molar-refractivity contribution in [3.05, 3.63) is 77.8 Å². The van der Waals surface area contributed by atoms with Crippen molar-refractivity contribution < 1.29 is 19.0 Å². The SMILES string of the molecule is COc1ccc(-c2csc(-n3nc(C)cc3NC(=O)COc3ccc4ccccc4c3)n2)cc1OC. The smallest absolute Gasteiger partial charge is 0.263 e. The third-order valence-electron chi connectivity index (χ3n) is 5.54. The zero-order valence-electron chi connectivity index (χ0n) is 20.0. The van der Waals surface area contributed by atoms with Crippen LogP contribution in [0.3, 0.4) is 0 Å². The Hall–Kier alpha value is -4.37. The molecule has 0 radical (unpaired) electrons. The topological polar surface area (TPSA) is 87.5 Å². The zero-order valence-corrected chi connectivity index (χ0v) is 20.8. The Kier molecular flexibility index (Phi) is 6.55. The minimum absolute atomic E-state index is 0.128. The molecule has 182 valence electrons. The van der Waals surface area contributed by atoms with Crippen LogP contribution >= 0.6 is 11.3 Å². The molecule has 0 atom stereocenters. The highest BCUT2D eigenvalue weighted by atomic mass is 32.1. The molecule has 2 heterocycles. The van der Waals surface area contributed by atoms with Gasteiger partial charge in [0.2, 0.25) is 5.13 Å². The van der Waals surface area contributed by atoms with E-state index in [9.17, 15) is 4.79 Å². The number of hydrogen-bond acceptors (Lipinski definition) is 7. The van der Waals surface area contributed by atoms with Gasteiger partial charge in [0.1, 0.15) is 11.6 Å². The fourth-order valence-corrected chi connectivity index (χ4v) is 4.60. The van der Waals surface area contributed by atoms with Crippen LogP contribution < -0.4 is 19.5 Å². The summed E-state index contributed by atoms with van der Waals surface area (Å²) >= 11 is 1.42. The summed E-state index contributed by atoms with van der Waals surface area (Å²) in [5.41, 5.74) is 2.40. The number of fused-ring (bicyclic) bond motifs is 1. The summed E-state index contributed by atoms with van der Waals surface area (Å²) in [6.07, 6.45) is 0. The van der Waals surface area contributed by atoms with Crippen LogP contribution in [0.5, 0.6) is 17.2 Å². The molecule has 1 N–H and O–H groups in total. The van der Waals surface area contributed by atoms with Crippen LogP contribution in [0.2, 0.25) is 0 Å². The van der Waals surface area contributed by atoms with E-state index < -0.39 is 0 Å². The van der Waals surface area contributed by atoms with Gasteiger partial charge in [-0.25, -0.2) is 4.98 Å². The van der Waals surface area contributed by atoms with E-state index in [2.05, 4.69) is 10.4 Å². The van der Waals surface area contributed by atoms with Gasteiger partial charge in [-0.2, -0.15) is 9.78 Å². The van der Waals surface area contributed by atoms with E-state index in [0.29, 0.717) is 28.2 Å². The number of aryl methyl sites for hydroxylation is 1.